The van der Waals surface area contributed by atoms with Gasteiger partial charge in [-0.1, -0.05) is 27.7 Å². The molecule has 9 atom stereocenters. The molecule has 2 nitrogen and oxygen atoms in total. The van der Waals surface area contributed by atoms with Gasteiger partial charge in [-0.2, -0.15) is 0 Å². The first kappa shape index (κ1) is 19.2. The fourth-order valence-corrected chi connectivity index (χ4v) is 8.30. The normalized spacial score (nSPS) is 52.3. The molecule has 0 radical (unpaired) electrons. The number of fused-ring (bicyclic) bond motifs is 5. The molecule has 0 bridgehead atoms. The van der Waals surface area contributed by atoms with Gasteiger partial charge in [0.15, 0.2) is 0 Å². The Morgan fingerprint density at radius 1 is 0.885 bits per heavy atom. The summed E-state index contributed by atoms with van der Waals surface area (Å²) in [6, 6.07) is 0. The lowest BCUT2D eigenvalue weighted by molar-refractivity contribution is -0.128. The summed E-state index contributed by atoms with van der Waals surface area (Å²) < 4.78 is 0. The molecule has 4 rings (SSSR count). The highest BCUT2D eigenvalue weighted by molar-refractivity contribution is 5.09. The highest BCUT2D eigenvalue weighted by atomic mass is 16.3. The van der Waals surface area contributed by atoms with E-state index in [1.165, 1.54) is 44.9 Å². The zero-order valence-corrected chi connectivity index (χ0v) is 17.6. The van der Waals surface area contributed by atoms with E-state index >= 15 is 0 Å². The van der Waals surface area contributed by atoms with Crippen molar-refractivity contribution < 1.29 is 10.2 Å². The summed E-state index contributed by atoms with van der Waals surface area (Å²) in [5, 5.41) is 20.7. The van der Waals surface area contributed by atoms with E-state index < -0.39 is 0 Å². The number of hydrogen-bond acceptors (Lipinski definition) is 2. The summed E-state index contributed by atoms with van der Waals surface area (Å²) in [6.45, 7) is 9.49. The molecule has 0 aromatic carbocycles. The third-order valence-electron chi connectivity index (χ3n) is 10.1. The van der Waals surface area contributed by atoms with Gasteiger partial charge in [-0.3, -0.25) is 0 Å². The molecule has 0 amide bonds. The Morgan fingerprint density at radius 2 is 1.58 bits per heavy atom. The van der Waals surface area contributed by atoms with Crippen LogP contribution in [0.5, 0.6) is 0 Å². The summed E-state index contributed by atoms with van der Waals surface area (Å²) >= 11 is 0. The van der Waals surface area contributed by atoms with Crippen LogP contribution in [-0.2, 0) is 0 Å². The summed E-state index contributed by atoms with van der Waals surface area (Å²) in [4.78, 5) is 0. The predicted molar refractivity (Wildman–Crippen MR) is 107 cm³/mol. The van der Waals surface area contributed by atoms with Gasteiger partial charge in [0.2, 0.25) is 0 Å². The van der Waals surface area contributed by atoms with Crippen molar-refractivity contribution in [2.75, 3.05) is 0 Å². The fraction of sp³-hybridized carbons (Fsp3) is 1.00. The van der Waals surface area contributed by atoms with E-state index in [1.54, 1.807) is 0 Å². The van der Waals surface area contributed by atoms with Gasteiger partial charge in [0.1, 0.15) is 0 Å². The second-order valence-electron chi connectivity index (χ2n) is 11.5. The molecular formula is C24H42O2. The molecule has 0 aliphatic heterocycles. The highest BCUT2D eigenvalue weighted by Gasteiger charge is 2.60. The first-order valence-corrected chi connectivity index (χ1v) is 11.6. The average Bonchev–Trinajstić information content (AvgIpc) is 2.92. The van der Waals surface area contributed by atoms with E-state index in [9.17, 15) is 10.2 Å². The topological polar surface area (TPSA) is 40.5 Å². The van der Waals surface area contributed by atoms with Gasteiger partial charge in [-0.05, 0) is 111 Å². The van der Waals surface area contributed by atoms with E-state index in [4.69, 9.17) is 0 Å². The lowest BCUT2D eigenvalue weighted by Gasteiger charge is -2.61. The minimum absolute atomic E-state index is 0.0353. The van der Waals surface area contributed by atoms with Gasteiger partial charge < -0.3 is 10.2 Å². The molecule has 0 spiro atoms. The van der Waals surface area contributed by atoms with Crippen LogP contribution in [0.3, 0.4) is 0 Å². The Kier molecular flexibility index (Phi) is 5.01. The first-order valence-electron chi connectivity index (χ1n) is 11.6. The molecule has 2 N–H and O–H groups in total. The Bertz CT molecular complexity index is 516. The van der Waals surface area contributed by atoms with Crippen molar-refractivity contribution >= 4 is 0 Å². The third kappa shape index (κ3) is 2.89. The molecule has 4 aliphatic carbocycles. The summed E-state index contributed by atoms with van der Waals surface area (Å²) in [6.07, 6.45) is 12.5. The zero-order chi connectivity index (χ0) is 18.7. The molecular weight excluding hydrogens is 320 g/mol. The van der Waals surface area contributed by atoms with Crippen molar-refractivity contribution in [2.45, 2.75) is 104 Å². The van der Waals surface area contributed by atoms with Crippen molar-refractivity contribution in [1.82, 2.24) is 0 Å². The van der Waals surface area contributed by atoms with Crippen LogP contribution in [0, 0.1) is 46.3 Å². The monoisotopic (exact) mass is 362 g/mol. The number of rotatable bonds is 3. The number of hydrogen-bond donors (Lipinski definition) is 2. The van der Waals surface area contributed by atoms with Gasteiger partial charge in [0.25, 0.3) is 0 Å². The molecule has 2 heteroatoms. The van der Waals surface area contributed by atoms with Gasteiger partial charge >= 0.3 is 0 Å². The predicted octanol–water partition coefficient (Wildman–Crippen LogP) is 5.41. The van der Waals surface area contributed by atoms with Crippen molar-refractivity contribution in [3.05, 3.63) is 0 Å². The van der Waals surface area contributed by atoms with Gasteiger partial charge in [-0.25, -0.2) is 0 Å². The molecule has 0 aromatic heterocycles. The van der Waals surface area contributed by atoms with Crippen LogP contribution >= 0.6 is 0 Å². The molecule has 4 aliphatic rings. The zero-order valence-electron chi connectivity index (χ0n) is 17.6. The van der Waals surface area contributed by atoms with E-state index in [0.717, 1.165) is 48.9 Å². The molecule has 4 fully saturated rings. The summed E-state index contributed by atoms with van der Waals surface area (Å²) in [5.74, 6) is 4.56. The number of aliphatic hydroxyl groups is 2. The first-order chi connectivity index (χ1) is 12.3. The van der Waals surface area contributed by atoms with Crippen LogP contribution in [0.25, 0.3) is 0 Å². The maximum atomic E-state index is 10.5. The van der Waals surface area contributed by atoms with Crippen LogP contribution < -0.4 is 0 Å². The Hall–Kier alpha value is -0.0800. The minimum Gasteiger partial charge on any atom is -0.393 e. The van der Waals surface area contributed by atoms with E-state index in [2.05, 4.69) is 27.7 Å². The van der Waals surface area contributed by atoms with Crippen LogP contribution in [0.1, 0.15) is 91.9 Å². The Morgan fingerprint density at radius 3 is 2.31 bits per heavy atom. The third-order valence-corrected chi connectivity index (χ3v) is 10.1. The van der Waals surface area contributed by atoms with Gasteiger partial charge in [0.05, 0.1) is 12.2 Å². The molecule has 4 saturated carbocycles. The second-order valence-corrected chi connectivity index (χ2v) is 11.5. The van der Waals surface area contributed by atoms with Crippen LogP contribution in [0.15, 0.2) is 0 Å². The average molecular weight is 363 g/mol. The van der Waals surface area contributed by atoms with Gasteiger partial charge in [0, 0.05) is 0 Å². The van der Waals surface area contributed by atoms with E-state index in [-0.39, 0.29) is 12.2 Å². The quantitative estimate of drug-likeness (QED) is 0.704. The molecule has 0 aromatic rings. The number of aliphatic hydroxyl groups excluding tert-OH is 2. The van der Waals surface area contributed by atoms with Crippen molar-refractivity contribution in [1.29, 1.82) is 0 Å². The van der Waals surface area contributed by atoms with E-state index in [0.29, 0.717) is 16.7 Å². The molecule has 0 heterocycles. The molecule has 5 unspecified atom stereocenters. The lowest BCUT2D eigenvalue weighted by atomic mass is 9.44. The lowest BCUT2D eigenvalue weighted by Crippen LogP contribution is -2.54. The highest BCUT2D eigenvalue weighted by Crippen LogP contribution is 2.67. The van der Waals surface area contributed by atoms with Crippen LogP contribution in [-0.4, -0.2) is 22.4 Å². The van der Waals surface area contributed by atoms with Crippen molar-refractivity contribution in [3.8, 4) is 0 Å². The summed E-state index contributed by atoms with van der Waals surface area (Å²) in [7, 11) is 0. The largest absolute Gasteiger partial charge is 0.393 e. The minimum atomic E-state index is -0.124. The smallest absolute Gasteiger partial charge is 0.0566 e. The Balaban J connectivity index is 1.52. The van der Waals surface area contributed by atoms with Crippen molar-refractivity contribution in [2.24, 2.45) is 46.3 Å². The molecule has 150 valence electrons. The second kappa shape index (κ2) is 6.76. The van der Waals surface area contributed by atoms with Crippen molar-refractivity contribution in [3.63, 3.8) is 0 Å². The maximum absolute atomic E-state index is 10.5. The van der Waals surface area contributed by atoms with Gasteiger partial charge in [-0.15, -0.1) is 0 Å². The van der Waals surface area contributed by atoms with E-state index in [1.807, 2.05) is 0 Å². The fourth-order valence-electron chi connectivity index (χ4n) is 8.30. The maximum Gasteiger partial charge on any atom is 0.0566 e. The summed E-state index contributed by atoms with van der Waals surface area (Å²) in [5.41, 5.74) is 0.952. The van der Waals surface area contributed by atoms with Crippen LogP contribution in [0.4, 0.5) is 0 Å². The molecule has 0 saturated heterocycles. The standard InChI is InChI=1S/C24H42O2/c1-15(2)22(26)14-17-6-8-20-19-7-5-16-13-18(25)9-11-23(16,3)21(19)10-12-24(17,20)4/h15-22,25-26H,5-14H2,1-4H3/t16?,17-,18+,19+,20?,21?,22?,23?,24-/m1/s1. The molecule has 26 heavy (non-hydrogen) atoms. The van der Waals surface area contributed by atoms with Crippen LogP contribution in [0.2, 0.25) is 0 Å². The SMILES string of the molecule is CC(C)C(O)C[C@H]1CCC2[C@@H]3CCC4C[C@@H](O)CCC4(C)C3CC[C@@]21C. The Labute approximate surface area is 161 Å².